The van der Waals surface area contributed by atoms with Gasteiger partial charge in [-0.1, -0.05) is 11.3 Å². The SMILES string of the molecule is C=CCn1c(=O)c2cnc(Nc3ccc(N4CCN(C)CC4)cc3)nc2n1-c1ccc2nnn(C)c2c1. The lowest BCUT2D eigenvalue weighted by molar-refractivity contribution is 0.313. The minimum absolute atomic E-state index is 0.179. The van der Waals surface area contributed by atoms with Crippen molar-refractivity contribution < 1.29 is 0 Å². The number of rotatable bonds is 6. The maximum Gasteiger partial charge on any atom is 0.278 e. The highest BCUT2D eigenvalue weighted by Crippen LogP contribution is 2.23. The molecule has 5 aromatic rings. The van der Waals surface area contributed by atoms with Gasteiger partial charge in [0.1, 0.15) is 10.9 Å². The van der Waals surface area contributed by atoms with Crippen LogP contribution >= 0.6 is 0 Å². The zero-order valence-corrected chi connectivity index (χ0v) is 20.9. The summed E-state index contributed by atoms with van der Waals surface area (Å²) in [7, 11) is 3.99. The van der Waals surface area contributed by atoms with Gasteiger partial charge in [0.15, 0.2) is 5.65 Å². The fraction of sp³-hybridized carbons (Fsp3) is 0.269. The van der Waals surface area contributed by atoms with Crippen LogP contribution in [0.25, 0.3) is 27.8 Å². The molecule has 0 aliphatic carbocycles. The van der Waals surface area contributed by atoms with Crippen LogP contribution in [0.5, 0.6) is 0 Å². The van der Waals surface area contributed by atoms with Gasteiger partial charge < -0.3 is 15.1 Å². The van der Waals surface area contributed by atoms with Crippen molar-refractivity contribution >= 4 is 39.4 Å². The van der Waals surface area contributed by atoms with Crippen molar-refractivity contribution in [1.29, 1.82) is 0 Å². The lowest BCUT2D eigenvalue weighted by Crippen LogP contribution is -2.44. The van der Waals surface area contributed by atoms with Crippen molar-refractivity contribution in [3.63, 3.8) is 0 Å². The maximum absolute atomic E-state index is 13.2. The topological polar surface area (TPSA) is 102 Å². The van der Waals surface area contributed by atoms with Crippen molar-refractivity contribution in [3.05, 3.63) is 71.7 Å². The van der Waals surface area contributed by atoms with Crippen LogP contribution in [0.4, 0.5) is 17.3 Å². The molecule has 0 radical (unpaired) electrons. The molecule has 0 atom stereocenters. The fourth-order valence-corrected chi connectivity index (χ4v) is 4.74. The van der Waals surface area contributed by atoms with Gasteiger partial charge in [-0.05, 0) is 49.5 Å². The summed E-state index contributed by atoms with van der Waals surface area (Å²) in [5.74, 6) is 0.410. The maximum atomic E-state index is 13.2. The average molecular weight is 497 g/mol. The Morgan fingerprint density at radius 2 is 1.78 bits per heavy atom. The standard InChI is InChI=1S/C26H28N10O/c1-4-11-35-25(37)21-17-27-26(28-18-5-7-19(8-6-18)34-14-12-32(2)13-15-34)29-24(21)36(35)20-9-10-22-23(16-20)33(3)31-30-22/h4-10,16-17H,1,11-15H2,2-3H3,(H,27,28,29). The van der Waals surface area contributed by atoms with Crippen molar-refractivity contribution in [2.45, 2.75) is 6.54 Å². The summed E-state index contributed by atoms with van der Waals surface area (Å²) in [5.41, 5.74) is 4.80. The molecule has 1 aliphatic rings. The summed E-state index contributed by atoms with van der Waals surface area (Å²) < 4.78 is 5.11. The predicted octanol–water partition coefficient (Wildman–Crippen LogP) is 2.55. The molecule has 6 rings (SSSR count). The molecule has 0 spiro atoms. The Morgan fingerprint density at radius 1 is 1.03 bits per heavy atom. The molecule has 0 saturated carbocycles. The minimum atomic E-state index is -0.179. The largest absolute Gasteiger partial charge is 0.369 e. The summed E-state index contributed by atoms with van der Waals surface area (Å²) in [6.45, 7) is 8.31. The smallest absolute Gasteiger partial charge is 0.278 e. The molecule has 188 valence electrons. The molecule has 0 amide bonds. The van der Waals surface area contributed by atoms with E-state index in [0.717, 1.165) is 48.6 Å². The van der Waals surface area contributed by atoms with E-state index in [0.29, 0.717) is 23.5 Å². The van der Waals surface area contributed by atoms with Gasteiger partial charge >= 0.3 is 0 Å². The number of anilines is 3. The molecule has 2 aromatic carbocycles. The first-order valence-corrected chi connectivity index (χ1v) is 12.2. The Hall–Kier alpha value is -4.51. The van der Waals surface area contributed by atoms with Gasteiger partial charge in [0.05, 0.1) is 17.7 Å². The lowest BCUT2D eigenvalue weighted by Gasteiger charge is -2.34. The number of aryl methyl sites for hydroxylation is 1. The number of nitrogens with zero attached hydrogens (tertiary/aromatic N) is 9. The number of nitrogens with one attached hydrogen (secondary N) is 1. The van der Waals surface area contributed by atoms with Crippen molar-refractivity contribution in [3.8, 4) is 5.69 Å². The van der Waals surface area contributed by atoms with Gasteiger partial charge in [0, 0.05) is 50.8 Å². The third-order valence-corrected chi connectivity index (χ3v) is 6.81. The molecule has 0 bridgehead atoms. The van der Waals surface area contributed by atoms with Gasteiger partial charge in [-0.3, -0.25) is 4.79 Å². The Bertz CT molecular complexity index is 1660. The summed E-state index contributed by atoms with van der Waals surface area (Å²) in [6, 6.07) is 14.0. The van der Waals surface area contributed by atoms with Gasteiger partial charge in [0.25, 0.3) is 5.56 Å². The highest BCUT2D eigenvalue weighted by molar-refractivity contribution is 5.81. The Morgan fingerprint density at radius 3 is 2.54 bits per heavy atom. The molecule has 1 N–H and O–H groups in total. The number of benzene rings is 2. The molecule has 4 heterocycles. The third kappa shape index (κ3) is 4.12. The van der Waals surface area contributed by atoms with Crippen molar-refractivity contribution in [1.82, 2.24) is 39.2 Å². The molecule has 11 heteroatoms. The van der Waals surface area contributed by atoms with Gasteiger partial charge in [0.2, 0.25) is 5.95 Å². The second kappa shape index (κ2) is 9.17. The van der Waals surface area contributed by atoms with E-state index in [1.165, 1.54) is 5.69 Å². The summed E-state index contributed by atoms with van der Waals surface area (Å²) >= 11 is 0. The first-order valence-electron chi connectivity index (χ1n) is 12.2. The van der Waals surface area contributed by atoms with Gasteiger partial charge in [-0.2, -0.15) is 4.98 Å². The fourth-order valence-electron chi connectivity index (χ4n) is 4.74. The Labute approximate surface area is 213 Å². The van der Waals surface area contributed by atoms with Crippen LogP contribution in [0, 0.1) is 0 Å². The van der Waals surface area contributed by atoms with Crippen LogP contribution in [-0.2, 0) is 13.6 Å². The molecule has 11 nitrogen and oxygen atoms in total. The van der Waals surface area contributed by atoms with Crippen LogP contribution < -0.4 is 15.8 Å². The van der Waals surface area contributed by atoms with E-state index < -0.39 is 0 Å². The van der Waals surface area contributed by atoms with E-state index >= 15 is 0 Å². The van der Waals surface area contributed by atoms with Crippen LogP contribution in [0.3, 0.4) is 0 Å². The first-order chi connectivity index (χ1) is 18.0. The van der Waals surface area contributed by atoms with E-state index in [2.05, 4.69) is 56.2 Å². The van der Waals surface area contributed by atoms with Crippen molar-refractivity contribution in [2.75, 3.05) is 43.4 Å². The summed E-state index contributed by atoms with van der Waals surface area (Å²) in [6.07, 6.45) is 3.27. The van der Waals surface area contributed by atoms with Gasteiger partial charge in [-0.15, -0.1) is 11.7 Å². The number of fused-ring (bicyclic) bond motifs is 2. The van der Waals surface area contributed by atoms with Crippen LogP contribution in [0.1, 0.15) is 0 Å². The minimum Gasteiger partial charge on any atom is -0.369 e. The first kappa shape index (κ1) is 22.9. The molecule has 37 heavy (non-hydrogen) atoms. The second-order valence-electron chi connectivity index (χ2n) is 9.27. The highest BCUT2D eigenvalue weighted by Gasteiger charge is 2.18. The number of likely N-dealkylation sites (N-methyl/N-ethyl adjacent to an activating group) is 1. The number of hydrogen-bond acceptors (Lipinski definition) is 8. The second-order valence-corrected chi connectivity index (χ2v) is 9.27. The number of hydrogen-bond donors (Lipinski definition) is 1. The Balaban J connectivity index is 1.36. The van der Waals surface area contributed by atoms with Gasteiger partial charge in [-0.25, -0.2) is 19.0 Å². The monoisotopic (exact) mass is 496 g/mol. The normalized spacial score (nSPS) is 14.5. The summed E-state index contributed by atoms with van der Waals surface area (Å²) in [4.78, 5) is 27.1. The van der Waals surface area contributed by atoms with E-state index in [4.69, 9.17) is 4.98 Å². The summed E-state index contributed by atoms with van der Waals surface area (Å²) in [5, 5.41) is 12.0. The quantitative estimate of drug-likeness (QED) is 0.358. The van der Waals surface area contributed by atoms with Crippen LogP contribution in [0.2, 0.25) is 0 Å². The van der Waals surface area contributed by atoms with Crippen LogP contribution in [-0.4, -0.2) is 72.5 Å². The van der Waals surface area contributed by atoms with E-state index in [-0.39, 0.29) is 5.56 Å². The predicted molar refractivity (Wildman–Crippen MR) is 145 cm³/mol. The number of allylic oxidation sites excluding steroid dienone is 1. The molecular weight excluding hydrogens is 468 g/mol. The Kier molecular flexibility index (Phi) is 5.68. The molecular formula is C26H28N10O. The third-order valence-electron chi connectivity index (χ3n) is 6.81. The van der Waals surface area contributed by atoms with Crippen molar-refractivity contribution in [2.24, 2.45) is 7.05 Å². The molecule has 1 saturated heterocycles. The average Bonchev–Trinajstić information content (AvgIpc) is 3.41. The van der Waals surface area contributed by atoms with E-state index in [1.54, 1.807) is 26.3 Å². The molecule has 1 fully saturated rings. The van der Waals surface area contributed by atoms with E-state index in [1.807, 2.05) is 37.4 Å². The highest BCUT2D eigenvalue weighted by atomic mass is 16.1. The number of piperazine rings is 1. The molecule has 3 aromatic heterocycles. The zero-order valence-electron chi connectivity index (χ0n) is 20.9. The van der Waals surface area contributed by atoms with Crippen LogP contribution in [0.15, 0.2) is 66.1 Å². The lowest BCUT2D eigenvalue weighted by atomic mass is 10.2. The molecule has 0 unspecified atom stereocenters. The van der Waals surface area contributed by atoms with E-state index in [9.17, 15) is 4.79 Å². The molecule has 1 aliphatic heterocycles. The number of aromatic nitrogens is 7. The zero-order chi connectivity index (χ0) is 25.5.